The summed E-state index contributed by atoms with van der Waals surface area (Å²) in [6, 6.07) is 16.2. The maximum Gasteiger partial charge on any atom is 0.155 e. The van der Waals surface area contributed by atoms with Gasteiger partial charge >= 0.3 is 0 Å². The number of ether oxygens (including phenoxy) is 1. The van der Waals surface area contributed by atoms with E-state index in [-0.39, 0.29) is 4.32 Å². The van der Waals surface area contributed by atoms with Crippen LogP contribution >= 0.6 is 15.9 Å². The first-order chi connectivity index (χ1) is 13.6. The van der Waals surface area contributed by atoms with Crippen LogP contribution < -0.4 is 0 Å². The third-order valence-electron chi connectivity index (χ3n) is 5.48. The second-order valence-corrected chi connectivity index (χ2v) is 8.89. The average molecular weight is 438 g/mol. The summed E-state index contributed by atoms with van der Waals surface area (Å²) in [7, 11) is 0. The summed E-state index contributed by atoms with van der Waals surface area (Å²) in [6.45, 7) is 0.849. The van der Waals surface area contributed by atoms with Crippen LogP contribution in [0.1, 0.15) is 36.2 Å². The molecule has 0 unspecified atom stereocenters. The number of alkyl halides is 1. The minimum atomic E-state index is 0.0390. The summed E-state index contributed by atoms with van der Waals surface area (Å²) in [6.07, 6.45) is 5.08. The minimum Gasteiger partial charge on any atom is -0.428 e. The largest absolute Gasteiger partial charge is 0.428 e. The molecule has 1 aliphatic carbocycles. The molecule has 2 heterocycles. The van der Waals surface area contributed by atoms with E-state index < -0.39 is 0 Å². The molecule has 2 aromatic carbocycles. The van der Waals surface area contributed by atoms with Crippen molar-refractivity contribution in [1.82, 2.24) is 14.7 Å². The number of fused-ring (bicyclic) bond motifs is 3. The quantitative estimate of drug-likeness (QED) is 0.341. The highest BCUT2D eigenvalue weighted by Gasteiger charge is 2.36. The van der Waals surface area contributed by atoms with Crippen molar-refractivity contribution in [3.63, 3.8) is 0 Å². The van der Waals surface area contributed by atoms with Gasteiger partial charge in [-0.2, -0.15) is 4.73 Å². The maximum absolute atomic E-state index is 10.5. The molecule has 2 aromatic rings. The van der Waals surface area contributed by atoms with Crippen molar-refractivity contribution < 1.29 is 9.94 Å². The van der Waals surface area contributed by atoms with Gasteiger partial charge in [-0.15, -0.1) is 0 Å². The Morgan fingerprint density at radius 1 is 1.07 bits per heavy atom. The molecule has 0 radical (unpaired) electrons. The average Bonchev–Trinajstić information content (AvgIpc) is 3.09. The molecular formula is C22H20BrN3O2. The lowest BCUT2D eigenvalue weighted by Gasteiger charge is -2.36. The third-order valence-corrected chi connectivity index (χ3v) is 6.73. The molecular weight excluding hydrogens is 418 g/mol. The molecule has 0 atom stereocenters. The van der Waals surface area contributed by atoms with Gasteiger partial charge < -0.3 is 9.94 Å². The Morgan fingerprint density at radius 3 is 2.64 bits per heavy atom. The lowest BCUT2D eigenvalue weighted by atomic mass is 9.79. The topological polar surface area (TPSA) is 60.2 Å². The number of hydrogen-bond acceptors (Lipinski definition) is 4. The Balaban J connectivity index is 1.44. The standard InChI is InChI=1S/C22H20BrN3O2/c23-22(9-4-10-22)16-7-8-17-19(11-16)26(27)12-18-21(17)25-20(24-18)14-28-13-15-5-2-1-3-6-15/h1-3,5-8,11-12,27H,4,9-10,13-14H2. The van der Waals surface area contributed by atoms with Gasteiger partial charge in [-0.05, 0) is 36.5 Å². The van der Waals surface area contributed by atoms with Crippen LogP contribution in [0, 0.1) is 0 Å². The first-order valence-corrected chi connectivity index (χ1v) is 10.2. The molecule has 0 spiro atoms. The Kier molecular flexibility index (Phi) is 4.33. The first kappa shape index (κ1) is 17.6. The minimum absolute atomic E-state index is 0.0390. The fraction of sp³-hybridized carbons (Fsp3) is 0.273. The van der Waals surface area contributed by atoms with Gasteiger partial charge in [-0.1, -0.05) is 58.4 Å². The van der Waals surface area contributed by atoms with Gasteiger partial charge in [0.2, 0.25) is 0 Å². The van der Waals surface area contributed by atoms with Crippen LogP contribution in [0.5, 0.6) is 0 Å². The van der Waals surface area contributed by atoms with Crippen LogP contribution in [0.3, 0.4) is 0 Å². The van der Waals surface area contributed by atoms with E-state index in [4.69, 9.17) is 4.74 Å². The number of hydrogen-bond donors (Lipinski definition) is 1. The summed E-state index contributed by atoms with van der Waals surface area (Å²) in [4.78, 5) is 9.19. The number of halogens is 1. The van der Waals surface area contributed by atoms with E-state index >= 15 is 0 Å². The molecule has 0 bridgehead atoms. The predicted molar refractivity (Wildman–Crippen MR) is 111 cm³/mol. The molecule has 5 rings (SSSR count). The number of nitrogens with zero attached hydrogens (tertiary/aromatic N) is 3. The molecule has 5 nitrogen and oxygen atoms in total. The maximum atomic E-state index is 10.5. The molecule has 6 heteroatoms. The Bertz CT molecular complexity index is 1110. The zero-order valence-electron chi connectivity index (χ0n) is 15.3. The summed E-state index contributed by atoms with van der Waals surface area (Å²) < 4.78 is 6.95. The summed E-state index contributed by atoms with van der Waals surface area (Å²) in [5, 5.41) is 11.4. The van der Waals surface area contributed by atoms with Gasteiger partial charge in [0, 0.05) is 5.39 Å². The number of imidazole rings is 1. The molecule has 1 saturated carbocycles. The van der Waals surface area contributed by atoms with Gasteiger partial charge in [-0.3, -0.25) is 0 Å². The fourth-order valence-electron chi connectivity index (χ4n) is 3.75. The van der Waals surface area contributed by atoms with Crippen LogP contribution in [-0.4, -0.2) is 19.9 Å². The summed E-state index contributed by atoms with van der Waals surface area (Å²) >= 11 is 3.85. The van der Waals surface area contributed by atoms with Gasteiger partial charge in [0.25, 0.3) is 0 Å². The first-order valence-electron chi connectivity index (χ1n) is 9.44. The van der Waals surface area contributed by atoms with Crippen LogP contribution in [0.4, 0.5) is 0 Å². The molecule has 3 aliphatic rings. The van der Waals surface area contributed by atoms with Gasteiger partial charge in [0.05, 0.1) is 22.6 Å². The Morgan fingerprint density at radius 2 is 1.89 bits per heavy atom. The molecule has 0 aromatic heterocycles. The van der Waals surface area contributed by atoms with E-state index in [0.717, 1.165) is 39.7 Å². The fourth-order valence-corrected chi connectivity index (χ4v) is 4.56. The second-order valence-electron chi connectivity index (χ2n) is 7.38. The van der Waals surface area contributed by atoms with E-state index in [1.54, 1.807) is 6.20 Å². The summed E-state index contributed by atoms with van der Waals surface area (Å²) in [5.41, 5.74) is 4.51. The lowest BCUT2D eigenvalue weighted by Crippen LogP contribution is -2.26. The normalized spacial score (nSPS) is 15.8. The van der Waals surface area contributed by atoms with E-state index in [9.17, 15) is 5.21 Å². The van der Waals surface area contributed by atoms with Crippen LogP contribution in [0.15, 0.2) is 54.7 Å². The third kappa shape index (κ3) is 3.06. The number of benzene rings is 2. The van der Waals surface area contributed by atoms with E-state index in [2.05, 4.69) is 32.0 Å². The number of rotatable bonds is 5. The van der Waals surface area contributed by atoms with E-state index in [0.29, 0.717) is 24.7 Å². The highest BCUT2D eigenvalue weighted by molar-refractivity contribution is 9.09. The van der Waals surface area contributed by atoms with Gasteiger partial charge in [0.15, 0.2) is 5.82 Å². The van der Waals surface area contributed by atoms with Crippen LogP contribution in [0.25, 0.3) is 22.3 Å². The van der Waals surface area contributed by atoms with E-state index in [1.807, 2.05) is 42.5 Å². The SMILES string of the molecule is On1cc2nc(COCc3ccccc3)nc-2c2ccc(C3(Br)CCC3)cc21. The van der Waals surface area contributed by atoms with Gasteiger partial charge in [-0.25, -0.2) is 9.97 Å². The zero-order chi connectivity index (χ0) is 19.1. The predicted octanol–water partition coefficient (Wildman–Crippen LogP) is 5.26. The van der Waals surface area contributed by atoms with Crippen molar-refractivity contribution in [3.8, 4) is 11.4 Å². The zero-order valence-corrected chi connectivity index (χ0v) is 16.9. The van der Waals surface area contributed by atoms with Crippen molar-refractivity contribution in [3.05, 3.63) is 71.7 Å². The van der Waals surface area contributed by atoms with Crippen molar-refractivity contribution >= 4 is 26.8 Å². The van der Waals surface area contributed by atoms with Crippen molar-refractivity contribution in [2.24, 2.45) is 0 Å². The smallest absolute Gasteiger partial charge is 0.155 e. The number of aromatic nitrogens is 3. The monoisotopic (exact) mass is 437 g/mol. The number of pyridine rings is 1. The second kappa shape index (κ2) is 6.87. The van der Waals surface area contributed by atoms with Crippen LogP contribution in [0.2, 0.25) is 0 Å². The Labute approximate surface area is 171 Å². The Hall–Kier alpha value is -2.44. The molecule has 28 heavy (non-hydrogen) atoms. The molecule has 1 fully saturated rings. The molecule has 1 N–H and O–H groups in total. The molecule has 0 saturated heterocycles. The lowest BCUT2D eigenvalue weighted by molar-refractivity contribution is 0.102. The molecule has 2 aliphatic heterocycles. The summed E-state index contributed by atoms with van der Waals surface area (Å²) in [5.74, 6) is 0.624. The van der Waals surface area contributed by atoms with Crippen LogP contribution in [-0.2, 0) is 22.3 Å². The molecule has 0 amide bonds. The van der Waals surface area contributed by atoms with Gasteiger partial charge in [0.1, 0.15) is 18.0 Å². The molecule has 142 valence electrons. The highest BCUT2D eigenvalue weighted by atomic mass is 79.9. The van der Waals surface area contributed by atoms with E-state index in [1.165, 1.54) is 12.0 Å². The van der Waals surface area contributed by atoms with Crippen molar-refractivity contribution in [2.75, 3.05) is 0 Å². The highest BCUT2D eigenvalue weighted by Crippen LogP contribution is 2.49. The van der Waals surface area contributed by atoms with Crippen molar-refractivity contribution in [2.45, 2.75) is 36.8 Å². The van der Waals surface area contributed by atoms with Crippen molar-refractivity contribution in [1.29, 1.82) is 0 Å².